The maximum Gasteiger partial charge on any atom is 0.0847 e. The molecule has 0 spiro atoms. The number of rotatable bonds is 5. The van der Waals surface area contributed by atoms with Crippen molar-refractivity contribution in [3.63, 3.8) is 0 Å². The van der Waals surface area contributed by atoms with Crippen LogP contribution in [-0.2, 0) is 11.2 Å². The van der Waals surface area contributed by atoms with Crippen molar-refractivity contribution in [1.29, 1.82) is 0 Å². The molecule has 0 bridgehead atoms. The minimum atomic E-state index is -0.119. The van der Waals surface area contributed by atoms with Crippen molar-refractivity contribution in [3.05, 3.63) is 35.4 Å². The lowest BCUT2D eigenvalue weighted by Gasteiger charge is -2.43. The normalized spacial score (nSPS) is 28.3. The summed E-state index contributed by atoms with van der Waals surface area (Å²) < 4.78 is 5.93. The summed E-state index contributed by atoms with van der Waals surface area (Å²) in [7, 11) is 1.83. The van der Waals surface area contributed by atoms with Gasteiger partial charge in [-0.25, -0.2) is 0 Å². The molecule has 3 nitrogen and oxygen atoms in total. The van der Waals surface area contributed by atoms with Crippen molar-refractivity contribution in [2.75, 3.05) is 7.11 Å². The van der Waals surface area contributed by atoms with Crippen molar-refractivity contribution < 1.29 is 4.74 Å². The molecule has 112 valence electrons. The van der Waals surface area contributed by atoms with E-state index in [-0.39, 0.29) is 11.6 Å². The molecule has 1 aromatic carbocycles. The first-order chi connectivity index (χ1) is 9.59. The lowest BCUT2D eigenvalue weighted by molar-refractivity contribution is -0.0746. The molecule has 1 atom stereocenters. The van der Waals surface area contributed by atoms with E-state index in [1.165, 1.54) is 24.0 Å². The quantitative estimate of drug-likeness (QED) is 0.642. The van der Waals surface area contributed by atoms with E-state index in [9.17, 15) is 0 Å². The van der Waals surface area contributed by atoms with Gasteiger partial charge >= 0.3 is 0 Å². The molecule has 3 heteroatoms. The number of methoxy groups -OCH3 is 1. The van der Waals surface area contributed by atoms with Crippen LogP contribution in [0.3, 0.4) is 0 Å². The van der Waals surface area contributed by atoms with Crippen molar-refractivity contribution in [2.45, 2.75) is 57.6 Å². The Morgan fingerprint density at radius 1 is 1.30 bits per heavy atom. The number of ether oxygens (including phenoxy) is 1. The Kier molecular flexibility index (Phi) is 5.19. The topological polar surface area (TPSA) is 47.3 Å². The van der Waals surface area contributed by atoms with Gasteiger partial charge in [0, 0.05) is 7.11 Å². The van der Waals surface area contributed by atoms with Gasteiger partial charge in [0.15, 0.2) is 0 Å². The number of nitrogens with one attached hydrogen (secondary N) is 1. The number of hydrazine groups is 1. The van der Waals surface area contributed by atoms with Crippen LogP contribution in [0.2, 0.25) is 0 Å². The smallest absolute Gasteiger partial charge is 0.0847 e. The third-order valence-corrected chi connectivity index (χ3v) is 4.92. The highest BCUT2D eigenvalue weighted by Gasteiger charge is 2.41. The summed E-state index contributed by atoms with van der Waals surface area (Å²) in [4.78, 5) is 0. The highest BCUT2D eigenvalue weighted by molar-refractivity contribution is 5.23. The van der Waals surface area contributed by atoms with E-state index < -0.39 is 0 Å². The van der Waals surface area contributed by atoms with Gasteiger partial charge in [-0.05, 0) is 50.5 Å². The minimum Gasteiger partial charge on any atom is -0.377 e. The average molecular weight is 276 g/mol. The second kappa shape index (κ2) is 6.70. The molecule has 1 aliphatic carbocycles. The first kappa shape index (κ1) is 15.5. The summed E-state index contributed by atoms with van der Waals surface area (Å²) in [6.45, 7) is 4.44. The van der Waals surface area contributed by atoms with Crippen LogP contribution in [0.5, 0.6) is 0 Å². The number of hydrogen-bond donors (Lipinski definition) is 2. The Labute approximate surface area is 122 Å². The Balaban J connectivity index is 2.11. The minimum absolute atomic E-state index is 0.119. The summed E-state index contributed by atoms with van der Waals surface area (Å²) in [6, 6.07) is 8.86. The molecule has 1 aliphatic rings. The van der Waals surface area contributed by atoms with Crippen molar-refractivity contribution >= 4 is 0 Å². The molecule has 3 N–H and O–H groups in total. The predicted molar refractivity (Wildman–Crippen MR) is 83.4 cm³/mol. The monoisotopic (exact) mass is 276 g/mol. The van der Waals surface area contributed by atoms with Gasteiger partial charge in [-0.2, -0.15) is 0 Å². The summed E-state index contributed by atoms with van der Waals surface area (Å²) in [5, 5.41) is 0. The maximum atomic E-state index is 5.93. The second-order valence-corrected chi connectivity index (χ2v) is 6.36. The van der Waals surface area contributed by atoms with Gasteiger partial charge < -0.3 is 4.74 Å². The Morgan fingerprint density at radius 2 is 1.90 bits per heavy atom. The predicted octanol–water partition coefficient (Wildman–Crippen LogP) is 2.96. The summed E-state index contributed by atoms with van der Waals surface area (Å²) >= 11 is 0. The van der Waals surface area contributed by atoms with E-state index in [0.717, 1.165) is 25.2 Å². The summed E-state index contributed by atoms with van der Waals surface area (Å²) in [5.41, 5.74) is 5.50. The first-order valence-corrected chi connectivity index (χ1v) is 7.66. The van der Waals surface area contributed by atoms with Gasteiger partial charge in [-0.3, -0.25) is 11.3 Å². The van der Waals surface area contributed by atoms with Gasteiger partial charge in [0.2, 0.25) is 0 Å². The number of benzene rings is 1. The van der Waals surface area contributed by atoms with Crippen molar-refractivity contribution in [2.24, 2.45) is 11.8 Å². The zero-order chi connectivity index (χ0) is 14.6. The molecule has 0 amide bonds. The van der Waals surface area contributed by atoms with Crippen LogP contribution in [0.15, 0.2) is 24.3 Å². The lowest BCUT2D eigenvalue weighted by Crippen LogP contribution is -2.57. The molecule has 1 unspecified atom stereocenters. The standard InChI is InChI=1S/C17H28N2O/c1-13-4-6-15(7-5-13)12-16(19-18)17(20-3)10-8-14(2)9-11-17/h4-7,14,16,19H,8-12,18H2,1-3H3. The van der Waals surface area contributed by atoms with Crippen LogP contribution in [0.25, 0.3) is 0 Å². The van der Waals surface area contributed by atoms with E-state index in [1.807, 2.05) is 7.11 Å². The highest BCUT2D eigenvalue weighted by atomic mass is 16.5. The zero-order valence-corrected chi connectivity index (χ0v) is 13.0. The van der Waals surface area contributed by atoms with E-state index in [0.29, 0.717) is 0 Å². The van der Waals surface area contributed by atoms with Crippen LogP contribution in [0.1, 0.15) is 43.7 Å². The van der Waals surface area contributed by atoms with Gasteiger partial charge in [0.05, 0.1) is 11.6 Å². The third kappa shape index (κ3) is 3.40. The van der Waals surface area contributed by atoms with Crippen LogP contribution in [0, 0.1) is 12.8 Å². The largest absolute Gasteiger partial charge is 0.377 e. The first-order valence-electron chi connectivity index (χ1n) is 7.66. The van der Waals surface area contributed by atoms with Gasteiger partial charge in [-0.15, -0.1) is 0 Å². The number of hydrogen-bond acceptors (Lipinski definition) is 3. The number of nitrogens with two attached hydrogens (primary N) is 1. The van der Waals surface area contributed by atoms with Crippen LogP contribution in [0.4, 0.5) is 0 Å². The van der Waals surface area contributed by atoms with Gasteiger partial charge in [0.1, 0.15) is 0 Å². The van der Waals surface area contributed by atoms with Crippen LogP contribution in [-0.4, -0.2) is 18.8 Å². The molecular formula is C17H28N2O. The SMILES string of the molecule is COC1(C(Cc2ccc(C)cc2)NN)CCC(C)CC1. The van der Waals surface area contributed by atoms with Crippen LogP contribution >= 0.6 is 0 Å². The Bertz CT molecular complexity index is 408. The third-order valence-electron chi connectivity index (χ3n) is 4.92. The van der Waals surface area contributed by atoms with E-state index in [2.05, 4.69) is 43.5 Å². The average Bonchev–Trinajstić information content (AvgIpc) is 2.48. The van der Waals surface area contributed by atoms with E-state index in [4.69, 9.17) is 10.6 Å². The molecule has 1 fully saturated rings. The summed E-state index contributed by atoms with van der Waals surface area (Å²) in [6.07, 6.45) is 5.54. The molecule has 0 heterocycles. The highest BCUT2D eigenvalue weighted by Crippen LogP contribution is 2.37. The Hall–Kier alpha value is -0.900. The molecule has 0 radical (unpaired) electrons. The molecule has 20 heavy (non-hydrogen) atoms. The fraction of sp³-hybridized carbons (Fsp3) is 0.647. The zero-order valence-electron chi connectivity index (χ0n) is 13.0. The number of aryl methyl sites for hydroxylation is 1. The maximum absolute atomic E-state index is 5.93. The second-order valence-electron chi connectivity index (χ2n) is 6.36. The molecule has 1 aromatic rings. The van der Waals surface area contributed by atoms with E-state index in [1.54, 1.807) is 0 Å². The van der Waals surface area contributed by atoms with Crippen LogP contribution < -0.4 is 11.3 Å². The molecular weight excluding hydrogens is 248 g/mol. The van der Waals surface area contributed by atoms with Gasteiger partial charge in [-0.1, -0.05) is 36.8 Å². The molecule has 1 saturated carbocycles. The van der Waals surface area contributed by atoms with Crippen molar-refractivity contribution in [1.82, 2.24) is 5.43 Å². The summed E-state index contributed by atoms with van der Waals surface area (Å²) in [5.74, 6) is 6.65. The fourth-order valence-corrected chi connectivity index (χ4v) is 3.30. The lowest BCUT2D eigenvalue weighted by atomic mass is 9.74. The molecule has 0 aliphatic heterocycles. The van der Waals surface area contributed by atoms with E-state index >= 15 is 0 Å². The molecule has 0 aromatic heterocycles. The Morgan fingerprint density at radius 3 is 2.40 bits per heavy atom. The van der Waals surface area contributed by atoms with Gasteiger partial charge in [0.25, 0.3) is 0 Å². The van der Waals surface area contributed by atoms with Crippen molar-refractivity contribution in [3.8, 4) is 0 Å². The molecule has 2 rings (SSSR count). The molecule has 0 saturated heterocycles. The fourth-order valence-electron chi connectivity index (χ4n) is 3.30.